The molecule has 0 radical (unpaired) electrons. The van der Waals surface area contributed by atoms with Gasteiger partial charge in [0.25, 0.3) is 0 Å². The number of hydrogen-bond acceptors (Lipinski definition) is 3. The van der Waals surface area contributed by atoms with E-state index in [4.69, 9.17) is 5.11 Å². The molecule has 1 aliphatic rings. The Labute approximate surface area is 152 Å². The molecule has 3 atom stereocenters. The first kappa shape index (κ1) is 21.6. The summed E-state index contributed by atoms with van der Waals surface area (Å²) in [5.74, 6) is 0.0766. The number of unbranched alkanes of at least 4 members (excludes halogenated alkanes) is 5. The Morgan fingerprint density at radius 1 is 1.08 bits per heavy atom. The first-order valence-corrected chi connectivity index (χ1v) is 9.92. The van der Waals surface area contributed by atoms with Crippen LogP contribution >= 0.6 is 0 Å². The van der Waals surface area contributed by atoms with Gasteiger partial charge >= 0.3 is 5.97 Å². The largest absolute Gasteiger partial charge is 0.481 e. The summed E-state index contributed by atoms with van der Waals surface area (Å²) in [5.41, 5.74) is 0. The van der Waals surface area contributed by atoms with Crippen molar-refractivity contribution in [2.45, 2.75) is 84.5 Å². The highest BCUT2D eigenvalue weighted by atomic mass is 16.4. The molecule has 4 nitrogen and oxygen atoms in total. The quantitative estimate of drug-likeness (QED) is 0.376. The smallest absolute Gasteiger partial charge is 0.303 e. The number of carbonyl (C=O) groups is 3. The average Bonchev–Trinajstić information content (AvgIpc) is 2.83. The lowest BCUT2D eigenvalue weighted by Crippen LogP contribution is -2.15. The van der Waals surface area contributed by atoms with Gasteiger partial charge < -0.3 is 5.11 Å². The fourth-order valence-corrected chi connectivity index (χ4v) is 3.69. The number of carbonyl (C=O) groups excluding carboxylic acids is 2. The number of aliphatic carboxylic acids is 1. The van der Waals surface area contributed by atoms with Crippen LogP contribution in [0.1, 0.15) is 84.5 Å². The molecule has 1 aliphatic carbocycles. The monoisotopic (exact) mass is 350 g/mol. The third-order valence-corrected chi connectivity index (χ3v) is 5.21. The maximum atomic E-state index is 12.4. The third kappa shape index (κ3) is 8.46. The lowest BCUT2D eigenvalue weighted by atomic mass is 9.89. The highest BCUT2D eigenvalue weighted by Crippen LogP contribution is 2.37. The molecule has 0 spiro atoms. The second kappa shape index (κ2) is 12.0. The molecule has 1 N–H and O–H groups in total. The first-order chi connectivity index (χ1) is 12.0. The number of rotatable bonds is 13. The first-order valence-electron chi connectivity index (χ1n) is 9.92. The second-order valence-electron chi connectivity index (χ2n) is 7.44. The Morgan fingerprint density at radius 2 is 1.76 bits per heavy atom. The fraction of sp³-hybridized carbons (Fsp3) is 0.762. The van der Waals surface area contributed by atoms with E-state index in [9.17, 15) is 14.4 Å². The molecular formula is C21H34O4. The van der Waals surface area contributed by atoms with Gasteiger partial charge in [-0.05, 0) is 37.7 Å². The zero-order chi connectivity index (χ0) is 18.7. The minimum atomic E-state index is -0.742. The van der Waals surface area contributed by atoms with E-state index in [-0.39, 0.29) is 30.0 Å². The SMILES string of the molecule is CCCCCC(=O)/C=C/C1CC(C)C(=O)C1CCCCCCC(=O)O. The maximum Gasteiger partial charge on any atom is 0.303 e. The molecule has 1 rings (SSSR count). The molecule has 0 aromatic carbocycles. The molecule has 1 fully saturated rings. The number of hydrogen-bond donors (Lipinski definition) is 1. The number of carboxylic acids is 1. The van der Waals surface area contributed by atoms with Crippen molar-refractivity contribution in [1.29, 1.82) is 0 Å². The van der Waals surface area contributed by atoms with Gasteiger partial charge in [0.1, 0.15) is 5.78 Å². The molecule has 0 aliphatic heterocycles. The fourth-order valence-electron chi connectivity index (χ4n) is 3.69. The van der Waals surface area contributed by atoms with Gasteiger partial charge in [0.05, 0.1) is 0 Å². The van der Waals surface area contributed by atoms with Crippen LogP contribution in [-0.2, 0) is 14.4 Å². The maximum absolute atomic E-state index is 12.4. The summed E-state index contributed by atoms with van der Waals surface area (Å²) in [6.07, 6.45) is 12.9. The van der Waals surface area contributed by atoms with Crippen molar-refractivity contribution in [3.05, 3.63) is 12.2 Å². The van der Waals surface area contributed by atoms with Gasteiger partial charge in [-0.2, -0.15) is 0 Å². The summed E-state index contributed by atoms with van der Waals surface area (Å²) in [7, 11) is 0. The molecule has 25 heavy (non-hydrogen) atoms. The number of allylic oxidation sites excluding steroid dienone is 2. The molecule has 1 saturated carbocycles. The number of carboxylic acid groups (broad SMARTS) is 1. The van der Waals surface area contributed by atoms with Crippen LogP contribution in [0, 0.1) is 17.8 Å². The van der Waals surface area contributed by atoms with Gasteiger partial charge in [0.15, 0.2) is 5.78 Å². The molecular weight excluding hydrogens is 316 g/mol. The summed E-state index contributed by atoms with van der Waals surface area (Å²) < 4.78 is 0. The number of Topliss-reactive ketones (excluding diaryl/α,β-unsaturated/α-hetero) is 1. The standard InChI is InChI=1S/C21H34O4/c1-3-4-7-10-18(22)14-13-17-15-16(2)21(25)19(17)11-8-5-6-9-12-20(23)24/h13-14,16-17,19H,3-12,15H2,1-2H3,(H,23,24)/b14-13+. The normalized spacial score (nSPS) is 23.4. The lowest BCUT2D eigenvalue weighted by molar-refractivity contribution is -0.137. The molecule has 0 bridgehead atoms. The zero-order valence-electron chi connectivity index (χ0n) is 15.8. The Balaban J connectivity index is 2.39. The van der Waals surface area contributed by atoms with Crippen LogP contribution in [0.2, 0.25) is 0 Å². The molecule has 4 heteroatoms. The summed E-state index contributed by atoms with van der Waals surface area (Å²) in [5, 5.41) is 8.63. The van der Waals surface area contributed by atoms with E-state index in [0.717, 1.165) is 51.4 Å². The second-order valence-corrected chi connectivity index (χ2v) is 7.44. The average molecular weight is 350 g/mol. The van der Waals surface area contributed by atoms with Crippen molar-refractivity contribution < 1.29 is 19.5 Å². The van der Waals surface area contributed by atoms with Crippen LogP contribution in [0.5, 0.6) is 0 Å². The summed E-state index contributed by atoms with van der Waals surface area (Å²) in [6.45, 7) is 4.11. The van der Waals surface area contributed by atoms with Crippen LogP contribution in [0.3, 0.4) is 0 Å². The van der Waals surface area contributed by atoms with Crippen molar-refractivity contribution in [1.82, 2.24) is 0 Å². The molecule has 0 aromatic rings. The summed E-state index contributed by atoms with van der Waals surface area (Å²) in [6, 6.07) is 0. The van der Waals surface area contributed by atoms with Gasteiger partial charge in [-0.3, -0.25) is 14.4 Å². The highest BCUT2D eigenvalue weighted by Gasteiger charge is 2.37. The van der Waals surface area contributed by atoms with Crippen molar-refractivity contribution in [3.8, 4) is 0 Å². The predicted octanol–water partition coefficient (Wildman–Crippen LogP) is 4.96. The van der Waals surface area contributed by atoms with Crippen molar-refractivity contribution >= 4 is 17.5 Å². The summed E-state index contributed by atoms with van der Waals surface area (Å²) >= 11 is 0. The van der Waals surface area contributed by atoms with Crippen LogP contribution in [-0.4, -0.2) is 22.6 Å². The van der Waals surface area contributed by atoms with Gasteiger partial charge in [-0.15, -0.1) is 0 Å². The van der Waals surface area contributed by atoms with E-state index < -0.39 is 5.97 Å². The van der Waals surface area contributed by atoms with E-state index in [0.29, 0.717) is 18.6 Å². The van der Waals surface area contributed by atoms with Gasteiger partial charge in [-0.25, -0.2) is 0 Å². The Hall–Kier alpha value is -1.45. The van der Waals surface area contributed by atoms with E-state index in [1.54, 1.807) is 6.08 Å². The van der Waals surface area contributed by atoms with Crippen LogP contribution < -0.4 is 0 Å². The third-order valence-electron chi connectivity index (χ3n) is 5.21. The zero-order valence-corrected chi connectivity index (χ0v) is 15.8. The van der Waals surface area contributed by atoms with Crippen LogP contribution in [0.4, 0.5) is 0 Å². The molecule has 0 heterocycles. The Bertz CT molecular complexity index is 467. The molecule has 0 aromatic heterocycles. The van der Waals surface area contributed by atoms with E-state index in [2.05, 4.69) is 6.92 Å². The highest BCUT2D eigenvalue weighted by molar-refractivity contribution is 5.90. The topological polar surface area (TPSA) is 71.4 Å². The van der Waals surface area contributed by atoms with Crippen molar-refractivity contribution in [2.75, 3.05) is 0 Å². The van der Waals surface area contributed by atoms with Crippen molar-refractivity contribution in [2.24, 2.45) is 17.8 Å². The van der Waals surface area contributed by atoms with Crippen molar-refractivity contribution in [3.63, 3.8) is 0 Å². The predicted molar refractivity (Wildman–Crippen MR) is 99.4 cm³/mol. The summed E-state index contributed by atoms with van der Waals surface area (Å²) in [4.78, 5) is 34.8. The van der Waals surface area contributed by atoms with Gasteiger partial charge in [-0.1, -0.05) is 52.0 Å². The Kier molecular flexibility index (Phi) is 10.4. The minimum absolute atomic E-state index is 0.0363. The van der Waals surface area contributed by atoms with Gasteiger partial charge in [0, 0.05) is 24.7 Å². The van der Waals surface area contributed by atoms with Crippen LogP contribution in [0.25, 0.3) is 0 Å². The molecule has 3 unspecified atom stereocenters. The van der Waals surface area contributed by atoms with E-state index >= 15 is 0 Å². The van der Waals surface area contributed by atoms with E-state index in [1.165, 1.54) is 0 Å². The minimum Gasteiger partial charge on any atom is -0.481 e. The Morgan fingerprint density at radius 3 is 2.44 bits per heavy atom. The van der Waals surface area contributed by atoms with Crippen LogP contribution in [0.15, 0.2) is 12.2 Å². The van der Waals surface area contributed by atoms with Gasteiger partial charge in [0.2, 0.25) is 0 Å². The number of ketones is 2. The molecule has 0 saturated heterocycles. The van der Waals surface area contributed by atoms with E-state index in [1.807, 2.05) is 13.0 Å². The molecule has 142 valence electrons. The lowest BCUT2D eigenvalue weighted by Gasteiger charge is -2.14. The molecule has 0 amide bonds.